The molecular weight excluding hydrogens is 218 g/mol. The van der Waals surface area contributed by atoms with Gasteiger partial charge in [-0.2, -0.15) is 0 Å². The van der Waals surface area contributed by atoms with Crippen molar-refractivity contribution in [2.24, 2.45) is 0 Å². The van der Waals surface area contributed by atoms with Crippen molar-refractivity contribution in [2.45, 2.75) is 19.1 Å². The van der Waals surface area contributed by atoms with Crippen molar-refractivity contribution in [1.82, 2.24) is 4.90 Å². The molecule has 1 fully saturated rings. The lowest BCUT2D eigenvalue weighted by Gasteiger charge is -2.15. The van der Waals surface area contributed by atoms with Crippen molar-refractivity contribution in [1.29, 1.82) is 0 Å². The highest BCUT2D eigenvalue weighted by atomic mass is 16.5. The average Bonchev–Trinajstić information content (AvgIpc) is 2.58. The topological polar surface area (TPSA) is 52.9 Å². The van der Waals surface area contributed by atoms with Crippen molar-refractivity contribution >= 4 is 0 Å². The Labute approximate surface area is 101 Å². The molecule has 17 heavy (non-hydrogen) atoms. The van der Waals surface area contributed by atoms with Gasteiger partial charge < -0.3 is 14.9 Å². The fourth-order valence-corrected chi connectivity index (χ4v) is 2.03. The van der Waals surface area contributed by atoms with Gasteiger partial charge in [0.2, 0.25) is 0 Å². The number of aliphatic hydroxyl groups is 2. The summed E-state index contributed by atoms with van der Waals surface area (Å²) in [5, 5.41) is 18.8. The van der Waals surface area contributed by atoms with Crippen LogP contribution in [0.4, 0.5) is 0 Å². The highest BCUT2D eigenvalue weighted by Crippen LogP contribution is 2.13. The number of β-amino-alcohol motifs (C(OH)–C–C–N with tert-alkyl or cyclic N) is 2. The maximum absolute atomic E-state index is 9.39. The molecule has 1 heterocycles. The van der Waals surface area contributed by atoms with Crippen LogP contribution in [0, 0.1) is 6.92 Å². The minimum absolute atomic E-state index is 0.526. The van der Waals surface area contributed by atoms with Gasteiger partial charge in [0, 0.05) is 19.6 Å². The second kappa shape index (κ2) is 5.49. The zero-order valence-electron chi connectivity index (χ0n) is 10.0. The molecule has 0 aromatic heterocycles. The highest BCUT2D eigenvalue weighted by Gasteiger charge is 2.28. The van der Waals surface area contributed by atoms with Crippen LogP contribution in [-0.2, 0) is 0 Å². The van der Waals surface area contributed by atoms with E-state index < -0.39 is 12.2 Å². The maximum Gasteiger partial charge on any atom is 0.119 e. The summed E-state index contributed by atoms with van der Waals surface area (Å²) in [5.41, 5.74) is 1.18. The Morgan fingerprint density at radius 2 is 2.00 bits per heavy atom. The first-order valence-electron chi connectivity index (χ1n) is 5.93. The van der Waals surface area contributed by atoms with E-state index in [2.05, 4.69) is 0 Å². The molecule has 1 aromatic carbocycles. The smallest absolute Gasteiger partial charge is 0.119 e. The van der Waals surface area contributed by atoms with Crippen molar-refractivity contribution in [3.63, 3.8) is 0 Å². The van der Waals surface area contributed by atoms with E-state index >= 15 is 0 Å². The summed E-state index contributed by atoms with van der Waals surface area (Å²) >= 11 is 0. The third-order valence-electron chi connectivity index (χ3n) is 3.00. The first-order chi connectivity index (χ1) is 8.15. The zero-order chi connectivity index (χ0) is 12.3. The summed E-state index contributed by atoms with van der Waals surface area (Å²) in [5.74, 6) is 0.866. The van der Waals surface area contributed by atoms with Crippen molar-refractivity contribution in [3.8, 4) is 5.75 Å². The molecule has 0 saturated carbocycles. The Morgan fingerprint density at radius 3 is 2.65 bits per heavy atom. The van der Waals surface area contributed by atoms with Crippen LogP contribution in [0.3, 0.4) is 0 Å². The number of hydrogen-bond acceptors (Lipinski definition) is 4. The summed E-state index contributed by atoms with van der Waals surface area (Å²) < 4.78 is 5.61. The molecule has 0 aliphatic carbocycles. The lowest BCUT2D eigenvalue weighted by atomic mass is 10.2. The molecule has 0 amide bonds. The monoisotopic (exact) mass is 237 g/mol. The van der Waals surface area contributed by atoms with Crippen LogP contribution >= 0.6 is 0 Å². The number of likely N-dealkylation sites (tertiary alicyclic amines) is 1. The van der Waals surface area contributed by atoms with Crippen LogP contribution in [0.1, 0.15) is 5.56 Å². The van der Waals surface area contributed by atoms with Crippen LogP contribution in [0.15, 0.2) is 24.3 Å². The van der Waals surface area contributed by atoms with E-state index in [0.717, 1.165) is 12.3 Å². The molecule has 4 heteroatoms. The summed E-state index contributed by atoms with van der Waals surface area (Å²) in [4.78, 5) is 2.01. The molecule has 2 atom stereocenters. The minimum Gasteiger partial charge on any atom is -0.492 e. The van der Waals surface area contributed by atoms with E-state index in [9.17, 15) is 10.2 Å². The number of hydrogen-bond donors (Lipinski definition) is 2. The molecule has 0 radical (unpaired) electrons. The quantitative estimate of drug-likeness (QED) is 0.796. The third-order valence-corrected chi connectivity index (χ3v) is 3.00. The van der Waals surface area contributed by atoms with Crippen LogP contribution in [0.5, 0.6) is 5.75 Å². The predicted octanol–water partition coefficient (Wildman–Crippen LogP) is 0.411. The fourth-order valence-electron chi connectivity index (χ4n) is 2.03. The Bertz CT molecular complexity index is 359. The molecule has 2 unspecified atom stereocenters. The summed E-state index contributed by atoms with van der Waals surface area (Å²) in [6, 6.07) is 7.92. The van der Waals surface area contributed by atoms with Gasteiger partial charge >= 0.3 is 0 Å². The molecule has 0 bridgehead atoms. The van der Waals surface area contributed by atoms with Gasteiger partial charge in [0.25, 0.3) is 0 Å². The minimum atomic E-state index is -0.617. The van der Waals surface area contributed by atoms with Crippen molar-refractivity contribution in [2.75, 3.05) is 26.2 Å². The lowest BCUT2D eigenvalue weighted by Crippen LogP contribution is -2.27. The van der Waals surface area contributed by atoms with E-state index in [1.807, 2.05) is 36.1 Å². The number of rotatable bonds is 4. The van der Waals surface area contributed by atoms with Crippen molar-refractivity contribution < 1.29 is 14.9 Å². The Balaban J connectivity index is 1.73. The molecule has 2 rings (SSSR count). The lowest BCUT2D eigenvalue weighted by molar-refractivity contribution is 0.0572. The molecule has 1 saturated heterocycles. The first-order valence-corrected chi connectivity index (χ1v) is 5.93. The molecule has 4 nitrogen and oxygen atoms in total. The number of aryl methyl sites for hydroxylation is 1. The zero-order valence-corrected chi connectivity index (χ0v) is 10.0. The van der Waals surface area contributed by atoms with E-state index in [0.29, 0.717) is 19.7 Å². The fraction of sp³-hybridized carbons (Fsp3) is 0.538. The largest absolute Gasteiger partial charge is 0.492 e. The van der Waals surface area contributed by atoms with Gasteiger partial charge in [0.05, 0.1) is 12.2 Å². The number of aliphatic hydroxyl groups excluding tert-OH is 2. The molecular formula is C13H19NO3. The Kier molecular flexibility index (Phi) is 3.99. The molecule has 0 spiro atoms. The molecule has 1 aliphatic heterocycles. The molecule has 2 N–H and O–H groups in total. The first kappa shape index (κ1) is 12.4. The standard InChI is InChI=1S/C13H19NO3/c1-10-3-2-4-11(7-10)17-6-5-14-8-12(15)13(16)9-14/h2-4,7,12-13,15-16H,5-6,8-9H2,1H3. The second-order valence-electron chi connectivity index (χ2n) is 4.56. The van der Waals surface area contributed by atoms with E-state index in [-0.39, 0.29) is 0 Å². The number of ether oxygens (including phenoxy) is 1. The Morgan fingerprint density at radius 1 is 1.29 bits per heavy atom. The SMILES string of the molecule is Cc1cccc(OCCN2CC(O)C(O)C2)c1. The van der Waals surface area contributed by atoms with Gasteiger partial charge in [0.15, 0.2) is 0 Å². The van der Waals surface area contributed by atoms with Crippen LogP contribution < -0.4 is 4.74 Å². The van der Waals surface area contributed by atoms with Crippen molar-refractivity contribution in [3.05, 3.63) is 29.8 Å². The van der Waals surface area contributed by atoms with Crippen LogP contribution in [-0.4, -0.2) is 53.6 Å². The second-order valence-corrected chi connectivity index (χ2v) is 4.56. The molecule has 94 valence electrons. The number of nitrogens with zero attached hydrogens (tertiary/aromatic N) is 1. The van der Waals surface area contributed by atoms with Gasteiger partial charge in [0.1, 0.15) is 12.4 Å². The van der Waals surface area contributed by atoms with Crippen LogP contribution in [0.25, 0.3) is 0 Å². The predicted molar refractivity (Wildman–Crippen MR) is 65.1 cm³/mol. The van der Waals surface area contributed by atoms with E-state index in [4.69, 9.17) is 4.74 Å². The van der Waals surface area contributed by atoms with E-state index in [1.54, 1.807) is 0 Å². The van der Waals surface area contributed by atoms with Gasteiger partial charge in [-0.25, -0.2) is 0 Å². The average molecular weight is 237 g/mol. The molecule has 1 aromatic rings. The number of benzene rings is 1. The summed E-state index contributed by atoms with van der Waals surface area (Å²) in [6.07, 6.45) is -1.23. The highest BCUT2D eigenvalue weighted by molar-refractivity contribution is 5.27. The normalized spacial score (nSPS) is 25.1. The van der Waals surface area contributed by atoms with Gasteiger partial charge in [-0.15, -0.1) is 0 Å². The summed E-state index contributed by atoms with van der Waals surface area (Å²) in [6.45, 7) is 4.38. The van der Waals surface area contributed by atoms with Gasteiger partial charge in [-0.05, 0) is 24.6 Å². The van der Waals surface area contributed by atoms with Gasteiger partial charge in [-0.3, -0.25) is 4.90 Å². The third kappa shape index (κ3) is 3.43. The maximum atomic E-state index is 9.39. The summed E-state index contributed by atoms with van der Waals surface area (Å²) in [7, 11) is 0. The molecule has 1 aliphatic rings. The van der Waals surface area contributed by atoms with Gasteiger partial charge in [-0.1, -0.05) is 12.1 Å². The van der Waals surface area contributed by atoms with E-state index in [1.165, 1.54) is 5.56 Å². The Hall–Kier alpha value is -1.10. The van der Waals surface area contributed by atoms with Crippen LogP contribution in [0.2, 0.25) is 0 Å².